The van der Waals surface area contributed by atoms with Crippen molar-refractivity contribution in [1.82, 2.24) is 19.9 Å². The summed E-state index contributed by atoms with van der Waals surface area (Å²) >= 11 is 1.56. The number of amides is 1. The zero-order valence-corrected chi connectivity index (χ0v) is 11.4. The van der Waals surface area contributed by atoms with Crippen LogP contribution in [0.4, 0.5) is 5.82 Å². The van der Waals surface area contributed by atoms with Gasteiger partial charge in [0.1, 0.15) is 5.69 Å². The van der Waals surface area contributed by atoms with Crippen LogP contribution in [0.5, 0.6) is 0 Å². The number of nitrogen functional groups attached to an aromatic ring is 1. The number of aromatic nitrogens is 3. The Morgan fingerprint density at radius 1 is 1.47 bits per heavy atom. The van der Waals surface area contributed by atoms with Crippen LogP contribution in [0.15, 0.2) is 17.8 Å². The Morgan fingerprint density at radius 2 is 2.26 bits per heavy atom. The SMILES string of the molecule is Cc1nc(CN(C)C(=O)c2cnc(NN)cn2)cs1. The molecule has 0 aromatic carbocycles. The van der Waals surface area contributed by atoms with Gasteiger partial charge in [-0.25, -0.2) is 20.8 Å². The van der Waals surface area contributed by atoms with E-state index in [9.17, 15) is 4.79 Å². The molecule has 0 aliphatic carbocycles. The topological polar surface area (TPSA) is 97.0 Å². The first-order chi connectivity index (χ1) is 9.10. The number of carbonyl (C=O) groups is 1. The van der Waals surface area contributed by atoms with Crippen molar-refractivity contribution in [2.75, 3.05) is 12.5 Å². The van der Waals surface area contributed by atoms with E-state index in [4.69, 9.17) is 5.84 Å². The molecule has 19 heavy (non-hydrogen) atoms. The van der Waals surface area contributed by atoms with Crippen LogP contribution in [0.2, 0.25) is 0 Å². The van der Waals surface area contributed by atoms with Gasteiger partial charge in [0.05, 0.1) is 29.6 Å². The van der Waals surface area contributed by atoms with Crippen molar-refractivity contribution in [2.24, 2.45) is 5.84 Å². The molecule has 0 aliphatic heterocycles. The minimum Gasteiger partial charge on any atom is -0.334 e. The Balaban J connectivity index is 2.05. The number of carbonyl (C=O) groups excluding carboxylic acids is 1. The first-order valence-corrected chi connectivity index (χ1v) is 6.43. The quantitative estimate of drug-likeness (QED) is 0.634. The third-order valence-electron chi connectivity index (χ3n) is 2.43. The highest BCUT2D eigenvalue weighted by Crippen LogP contribution is 2.11. The summed E-state index contributed by atoms with van der Waals surface area (Å²) in [6.45, 7) is 2.38. The van der Waals surface area contributed by atoms with Gasteiger partial charge < -0.3 is 10.3 Å². The van der Waals surface area contributed by atoms with Crippen molar-refractivity contribution in [3.05, 3.63) is 34.2 Å². The van der Waals surface area contributed by atoms with Crippen molar-refractivity contribution < 1.29 is 4.79 Å². The number of rotatable bonds is 4. The van der Waals surface area contributed by atoms with E-state index in [0.717, 1.165) is 10.7 Å². The highest BCUT2D eigenvalue weighted by molar-refractivity contribution is 7.09. The second-order valence-electron chi connectivity index (χ2n) is 3.95. The molecular weight excluding hydrogens is 264 g/mol. The lowest BCUT2D eigenvalue weighted by Crippen LogP contribution is -2.27. The third kappa shape index (κ3) is 3.24. The maximum Gasteiger partial charge on any atom is 0.274 e. The average molecular weight is 278 g/mol. The number of aryl methyl sites for hydroxylation is 1. The van der Waals surface area contributed by atoms with Gasteiger partial charge in [-0.3, -0.25) is 4.79 Å². The number of hydrogen-bond donors (Lipinski definition) is 2. The Labute approximate surface area is 114 Å². The number of nitrogens with one attached hydrogen (secondary N) is 1. The number of thiazole rings is 1. The number of nitrogens with zero attached hydrogens (tertiary/aromatic N) is 4. The maximum atomic E-state index is 12.1. The molecule has 7 nitrogen and oxygen atoms in total. The fourth-order valence-electron chi connectivity index (χ4n) is 1.50. The molecule has 0 bridgehead atoms. The van der Waals surface area contributed by atoms with Gasteiger partial charge >= 0.3 is 0 Å². The Hall–Kier alpha value is -2.06. The van der Waals surface area contributed by atoms with Crippen LogP contribution in [0.3, 0.4) is 0 Å². The van der Waals surface area contributed by atoms with E-state index in [2.05, 4.69) is 20.4 Å². The van der Waals surface area contributed by atoms with E-state index < -0.39 is 0 Å². The summed E-state index contributed by atoms with van der Waals surface area (Å²) in [6.07, 6.45) is 2.80. The normalized spacial score (nSPS) is 10.3. The molecule has 0 saturated carbocycles. The highest BCUT2D eigenvalue weighted by atomic mass is 32.1. The predicted octanol–water partition coefficient (Wildman–Crippen LogP) is 0.799. The molecule has 0 fully saturated rings. The fourth-order valence-corrected chi connectivity index (χ4v) is 2.11. The lowest BCUT2D eigenvalue weighted by atomic mass is 10.3. The van der Waals surface area contributed by atoms with E-state index in [-0.39, 0.29) is 11.6 Å². The summed E-state index contributed by atoms with van der Waals surface area (Å²) < 4.78 is 0. The summed E-state index contributed by atoms with van der Waals surface area (Å²) in [6, 6.07) is 0. The summed E-state index contributed by atoms with van der Waals surface area (Å²) in [4.78, 5) is 25.9. The zero-order chi connectivity index (χ0) is 13.8. The smallest absolute Gasteiger partial charge is 0.274 e. The molecule has 2 aromatic heterocycles. The van der Waals surface area contributed by atoms with E-state index >= 15 is 0 Å². The van der Waals surface area contributed by atoms with Gasteiger partial charge in [-0.05, 0) is 6.92 Å². The largest absolute Gasteiger partial charge is 0.334 e. The number of anilines is 1. The van der Waals surface area contributed by atoms with Crippen molar-refractivity contribution in [2.45, 2.75) is 13.5 Å². The minimum absolute atomic E-state index is 0.207. The van der Waals surface area contributed by atoms with Gasteiger partial charge in [-0.15, -0.1) is 11.3 Å². The molecule has 1 amide bonds. The number of hydrazine groups is 1. The third-order valence-corrected chi connectivity index (χ3v) is 3.25. The van der Waals surface area contributed by atoms with Crippen molar-refractivity contribution in [3.63, 3.8) is 0 Å². The second-order valence-corrected chi connectivity index (χ2v) is 5.01. The van der Waals surface area contributed by atoms with Crippen LogP contribution >= 0.6 is 11.3 Å². The summed E-state index contributed by atoms with van der Waals surface area (Å²) in [7, 11) is 1.70. The second kappa shape index (κ2) is 5.72. The molecule has 0 saturated heterocycles. The molecular formula is C11H14N6OS. The molecule has 0 radical (unpaired) electrons. The maximum absolute atomic E-state index is 12.1. The van der Waals surface area contributed by atoms with Crippen LogP contribution in [0.1, 0.15) is 21.2 Å². The highest BCUT2D eigenvalue weighted by Gasteiger charge is 2.15. The molecule has 3 N–H and O–H groups in total. The Bertz CT molecular complexity index is 567. The van der Waals surface area contributed by atoms with E-state index in [1.165, 1.54) is 12.4 Å². The minimum atomic E-state index is -0.207. The standard InChI is InChI=1S/C11H14N6OS/c1-7-15-8(6-19-7)5-17(2)11(18)9-3-14-10(16-12)4-13-9/h3-4,6H,5,12H2,1-2H3,(H,14,16). The monoisotopic (exact) mass is 278 g/mol. The van der Waals surface area contributed by atoms with Crippen molar-refractivity contribution in [1.29, 1.82) is 0 Å². The molecule has 2 aromatic rings. The number of nitrogens with two attached hydrogens (primary N) is 1. The molecule has 2 heterocycles. The fraction of sp³-hybridized carbons (Fsp3) is 0.273. The molecule has 100 valence electrons. The van der Waals surface area contributed by atoms with E-state index in [0.29, 0.717) is 12.4 Å². The van der Waals surface area contributed by atoms with Gasteiger partial charge in [0.25, 0.3) is 5.91 Å². The molecule has 0 aliphatic rings. The molecule has 2 rings (SSSR count). The van der Waals surface area contributed by atoms with Crippen LogP contribution in [0.25, 0.3) is 0 Å². The molecule has 0 atom stereocenters. The van der Waals surface area contributed by atoms with Gasteiger partial charge in [-0.1, -0.05) is 0 Å². The van der Waals surface area contributed by atoms with Gasteiger partial charge in [-0.2, -0.15) is 0 Å². The van der Waals surface area contributed by atoms with Gasteiger partial charge in [0.15, 0.2) is 5.82 Å². The Morgan fingerprint density at radius 3 is 2.79 bits per heavy atom. The first kappa shape index (κ1) is 13.4. The van der Waals surface area contributed by atoms with Gasteiger partial charge in [0.2, 0.25) is 0 Å². The van der Waals surface area contributed by atoms with E-state index in [1.807, 2.05) is 12.3 Å². The lowest BCUT2D eigenvalue weighted by Gasteiger charge is -2.15. The van der Waals surface area contributed by atoms with Gasteiger partial charge in [0, 0.05) is 12.4 Å². The zero-order valence-electron chi connectivity index (χ0n) is 10.6. The number of hydrogen-bond acceptors (Lipinski definition) is 7. The Kier molecular flexibility index (Phi) is 4.03. The van der Waals surface area contributed by atoms with Crippen LogP contribution in [0, 0.1) is 6.92 Å². The van der Waals surface area contributed by atoms with Crippen molar-refractivity contribution in [3.8, 4) is 0 Å². The summed E-state index contributed by atoms with van der Waals surface area (Å²) in [5.41, 5.74) is 3.50. The molecule has 0 unspecified atom stereocenters. The summed E-state index contributed by atoms with van der Waals surface area (Å²) in [5.74, 6) is 5.39. The molecule has 8 heteroatoms. The average Bonchev–Trinajstić information content (AvgIpc) is 2.83. The van der Waals surface area contributed by atoms with Crippen molar-refractivity contribution >= 4 is 23.1 Å². The van der Waals surface area contributed by atoms with Crippen LogP contribution in [-0.4, -0.2) is 32.8 Å². The van der Waals surface area contributed by atoms with Crippen LogP contribution < -0.4 is 11.3 Å². The van der Waals surface area contributed by atoms with E-state index in [1.54, 1.807) is 23.3 Å². The lowest BCUT2D eigenvalue weighted by molar-refractivity contribution is 0.0777. The van der Waals surface area contributed by atoms with Crippen LogP contribution in [-0.2, 0) is 6.54 Å². The predicted molar refractivity (Wildman–Crippen MR) is 72.5 cm³/mol. The first-order valence-electron chi connectivity index (χ1n) is 5.55. The molecule has 0 spiro atoms. The summed E-state index contributed by atoms with van der Waals surface area (Å²) in [5, 5.41) is 2.92.